The Balaban J connectivity index is 2.61. The summed E-state index contributed by atoms with van der Waals surface area (Å²) in [6, 6.07) is 0.746. The number of imidazole rings is 1. The number of aromatic nitrogens is 2. The van der Waals surface area contributed by atoms with Crippen molar-refractivity contribution in [2.24, 2.45) is 0 Å². The number of aryl methyl sites for hydroxylation is 1. The van der Waals surface area contributed by atoms with Crippen molar-refractivity contribution in [1.29, 1.82) is 0 Å². The van der Waals surface area contributed by atoms with Crippen molar-refractivity contribution in [1.82, 2.24) is 9.55 Å². The van der Waals surface area contributed by atoms with Crippen LogP contribution in [0.3, 0.4) is 0 Å². The van der Waals surface area contributed by atoms with E-state index in [2.05, 4.69) is 25.8 Å². The van der Waals surface area contributed by atoms with E-state index in [1.54, 1.807) is 6.20 Å². The molecule has 0 aliphatic carbocycles. The molecule has 0 aliphatic heterocycles. The lowest BCUT2D eigenvalue weighted by molar-refractivity contribution is 0.169. The van der Waals surface area contributed by atoms with Crippen molar-refractivity contribution in [3.8, 4) is 6.01 Å². The van der Waals surface area contributed by atoms with Crippen LogP contribution in [0.4, 0.5) is 0 Å². The highest BCUT2D eigenvalue weighted by Gasteiger charge is 2.08. The zero-order valence-corrected chi connectivity index (χ0v) is 8.66. The first-order valence-electron chi connectivity index (χ1n) is 4.99. The molecule has 1 rings (SSSR count). The lowest BCUT2D eigenvalue weighted by atomic mass is 10.2. The Morgan fingerprint density at radius 1 is 1.38 bits per heavy atom. The van der Waals surface area contributed by atoms with Gasteiger partial charge in [-0.15, -0.1) is 0 Å². The van der Waals surface area contributed by atoms with Gasteiger partial charge in [-0.3, -0.25) is 0 Å². The molecule has 0 aromatic carbocycles. The van der Waals surface area contributed by atoms with Gasteiger partial charge in [0.05, 0.1) is 0 Å². The smallest absolute Gasteiger partial charge is 0.296 e. The predicted octanol–water partition coefficient (Wildman–Crippen LogP) is 2.47. The molecule has 0 spiro atoms. The van der Waals surface area contributed by atoms with Crippen molar-refractivity contribution in [2.45, 2.75) is 46.3 Å². The van der Waals surface area contributed by atoms with Gasteiger partial charge in [-0.25, -0.2) is 4.98 Å². The zero-order chi connectivity index (χ0) is 9.68. The summed E-state index contributed by atoms with van der Waals surface area (Å²) in [4.78, 5) is 4.16. The Bertz CT molecular complexity index is 241. The molecule has 1 aromatic rings. The third kappa shape index (κ3) is 2.47. The lowest BCUT2D eigenvalue weighted by Gasteiger charge is -2.15. The molecule has 0 saturated carbocycles. The van der Waals surface area contributed by atoms with Crippen LogP contribution >= 0.6 is 0 Å². The van der Waals surface area contributed by atoms with Crippen LogP contribution < -0.4 is 4.74 Å². The fourth-order valence-corrected chi connectivity index (χ4v) is 1.26. The Labute approximate surface area is 79.7 Å². The highest BCUT2D eigenvalue weighted by Crippen LogP contribution is 2.12. The molecule has 0 amide bonds. The maximum Gasteiger partial charge on any atom is 0.296 e. The van der Waals surface area contributed by atoms with Crippen LogP contribution in [-0.2, 0) is 6.54 Å². The van der Waals surface area contributed by atoms with Crippen molar-refractivity contribution < 1.29 is 4.74 Å². The summed E-state index contributed by atoms with van der Waals surface area (Å²) >= 11 is 0. The summed E-state index contributed by atoms with van der Waals surface area (Å²) in [6.45, 7) is 7.26. The fourth-order valence-electron chi connectivity index (χ4n) is 1.26. The van der Waals surface area contributed by atoms with E-state index < -0.39 is 0 Å². The van der Waals surface area contributed by atoms with Gasteiger partial charge in [0.2, 0.25) is 0 Å². The summed E-state index contributed by atoms with van der Waals surface area (Å²) < 4.78 is 7.74. The molecule has 1 aromatic heterocycles. The summed E-state index contributed by atoms with van der Waals surface area (Å²) in [5, 5.41) is 0. The second-order valence-electron chi connectivity index (χ2n) is 3.05. The van der Waals surface area contributed by atoms with Gasteiger partial charge in [0.25, 0.3) is 6.01 Å². The van der Waals surface area contributed by atoms with E-state index in [1.807, 2.05) is 10.8 Å². The molecule has 13 heavy (non-hydrogen) atoms. The second-order valence-corrected chi connectivity index (χ2v) is 3.05. The SMILES string of the molecule is CCC(CC)Oc1nccn1CC. The molecule has 0 unspecified atom stereocenters. The fraction of sp³-hybridized carbons (Fsp3) is 0.700. The van der Waals surface area contributed by atoms with Gasteiger partial charge in [-0.05, 0) is 19.8 Å². The summed E-state index contributed by atoms with van der Waals surface area (Å²) in [5.74, 6) is 0. The van der Waals surface area contributed by atoms with E-state index in [9.17, 15) is 0 Å². The molecule has 0 aliphatic rings. The molecular weight excluding hydrogens is 164 g/mol. The molecule has 0 bridgehead atoms. The van der Waals surface area contributed by atoms with Crippen molar-refractivity contribution >= 4 is 0 Å². The van der Waals surface area contributed by atoms with Crippen LogP contribution in [0.25, 0.3) is 0 Å². The predicted molar refractivity (Wildman–Crippen MR) is 52.9 cm³/mol. The largest absolute Gasteiger partial charge is 0.461 e. The number of ether oxygens (including phenoxy) is 1. The van der Waals surface area contributed by atoms with E-state index in [4.69, 9.17) is 4.74 Å². The van der Waals surface area contributed by atoms with Crippen LogP contribution in [0.15, 0.2) is 12.4 Å². The van der Waals surface area contributed by atoms with E-state index in [0.29, 0.717) is 6.10 Å². The van der Waals surface area contributed by atoms with Gasteiger partial charge in [0, 0.05) is 18.9 Å². The summed E-state index contributed by atoms with van der Waals surface area (Å²) in [5.41, 5.74) is 0. The van der Waals surface area contributed by atoms with Crippen LogP contribution in [-0.4, -0.2) is 15.7 Å². The monoisotopic (exact) mass is 182 g/mol. The molecule has 3 nitrogen and oxygen atoms in total. The summed E-state index contributed by atoms with van der Waals surface area (Å²) in [6.07, 6.45) is 6.09. The molecule has 1 heterocycles. The highest BCUT2D eigenvalue weighted by molar-refractivity contribution is 4.98. The quantitative estimate of drug-likeness (QED) is 0.699. The van der Waals surface area contributed by atoms with E-state index in [-0.39, 0.29) is 0 Å². The van der Waals surface area contributed by atoms with Crippen LogP contribution in [0.5, 0.6) is 6.01 Å². The first-order chi connectivity index (χ1) is 6.31. The van der Waals surface area contributed by atoms with E-state index in [0.717, 1.165) is 25.4 Å². The molecule has 0 radical (unpaired) electrons. The third-order valence-corrected chi connectivity index (χ3v) is 2.20. The molecular formula is C10H18N2O. The van der Waals surface area contributed by atoms with Crippen molar-refractivity contribution in [3.05, 3.63) is 12.4 Å². The number of hydrogen-bond acceptors (Lipinski definition) is 2. The first kappa shape index (κ1) is 10.1. The minimum Gasteiger partial charge on any atom is -0.461 e. The van der Waals surface area contributed by atoms with Gasteiger partial charge in [0.1, 0.15) is 6.10 Å². The standard InChI is InChI=1S/C10H18N2O/c1-4-9(5-2)13-10-11-7-8-12(10)6-3/h7-9H,4-6H2,1-3H3. The Kier molecular flexibility index (Phi) is 3.80. The average Bonchev–Trinajstić information content (AvgIpc) is 2.61. The molecule has 74 valence electrons. The Hall–Kier alpha value is -0.990. The third-order valence-electron chi connectivity index (χ3n) is 2.20. The van der Waals surface area contributed by atoms with Crippen molar-refractivity contribution in [3.63, 3.8) is 0 Å². The van der Waals surface area contributed by atoms with Crippen molar-refractivity contribution in [2.75, 3.05) is 0 Å². The first-order valence-corrected chi connectivity index (χ1v) is 4.99. The van der Waals surface area contributed by atoms with Gasteiger partial charge >= 0.3 is 0 Å². The maximum absolute atomic E-state index is 5.73. The van der Waals surface area contributed by atoms with Gasteiger partial charge in [-0.1, -0.05) is 13.8 Å². The number of hydrogen-bond donors (Lipinski definition) is 0. The molecule has 0 N–H and O–H groups in total. The minimum atomic E-state index is 0.299. The molecule has 0 saturated heterocycles. The van der Waals surface area contributed by atoms with Gasteiger partial charge < -0.3 is 9.30 Å². The Morgan fingerprint density at radius 3 is 2.62 bits per heavy atom. The lowest BCUT2D eigenvalue weighted by Crippen LogP contribution is -2.16. The number of rotatable bonds is 5. The summed E-state index contributed by atoms with van der Waals surface area (Å²) in [7, 11) is 0. The zero-order valence-electron chi connectivity index (χ0n) is 8.66. The van der Waals surface area contributed by atoms with Crippen LogP contribution in [0.1, 0.15) is 33.6 Å². The second kappa shape index (κ2) is 4.90. The van der Waals surface area contributed by atoms with Gasteiger partial charge in [-0.2, -0.15) is 0 Å². The topological polar surface area (TPSA) is 27.1 Å². The highest BCUT2D eigenvalue weighted by atomic mass is 16.5. The van der Waals surface area contributed by atoms with Crippen LogP contribution in [0.2, 0.25) is 0 Å². The molecule has 0 atom stereocenters. The minimum absolute atomic E-state index is 0.299. The molecule has 0 fully saturated rings. The van der Waals surface area contributed by atoms with Gasteiger partial charge in [0.15, 0.2) is 0 Å². The average molecular weight is 182 g/mol. The van der Waals surface area contributed by atoms with Crippen LogP contribution in [0, 0.1) is 0 Å². The normalized spacial score (nSPS) is 10.8. The van der Waals surface area contributed by atoms with E-state index >= 15 is 0 Å². The maximum atomic E-state index is 5.73. The van der Waals surface area contributed by atoms with E-state index in [1.165, 1.54) is 0 Å². The number of nitrogens with zero attached hydrogens (tertiary/aromatic N) is 2. The Morgan fingerprint density at radius 2 is 2.08 bits per heavy atom. The molecule has 3 heteroatoms.